The van der Waals surface area contributed by atoms with Crippen molar-refractivity contribution in [2.24, 2.45) is 5.92 Å². The molecular weight excluding hydrogens is 290 g/mol. The highest BCUT2D eigenvalue weighted by Crippen LogP contribution is 2.22. The van der Waals surface area contributed by atoms with E-state index in [0.29, 0.717) is 0 Å². The number of likely N-dealkylation sites (tertiary alicyclic amines) is 1. The molecule has 0 radical (unpaired) electrons. The second-order valence-electron chi connectivity index (χ2n) is 5.18. The molecule has 1 aromatic rings. The van der Waals surface area contributed by atoms with Crippen molar-refractivity contribution in [3.8, 4) is 0 Å². The maximum absolute atomic E-state index is 5.95. The fourth-order valence-corrected chi connectivity index (χ4v) is 2.71. The van der Waals surface area contributed by atoms with Crippen molar-refractivity contribution in [1.82, 2.24) is 4.90 Å². The smallest absolute Gasteiger partial charge is 0.0575 e. The molecule has 3 nitrogen and oxygen atoms in total. The number of anilines is 2. The zero-order chi connectivity index (χ0) is 13.0. The average molecular weight is 312 g/mol. The molecule has 0 aromatic heterocycles. The first-order valence-corrected chi connectivity index (χ1v) is 7.45. The Morgan fingerprint density at radius 3 is 2.78 bits per heavy atom. The minimum absolute atomic E-state index is 0.802. The van der Waals surface area contributed by atoms with E-state index in [4.69, 9.17) is 5.73 Å². The van der Waals surface area contributed by atoms with Gasteiger partial charge in [0.05, 0.1) is 11.4 Å². The fourth-order valence-electron chi connectivity index (χ4n) is 2.33. The Kier molecular flexibility index (Phi) is 4.89. The van der Waals surface area contributed by atoms with E-state index in [1.54, 1.807) is 0 Å². The number of nitrogens with one attached hydrogen (secondary N) is 1. The number of nitrogens with two attached hydrogens (primary N) is 1. The van der Waals surface area contributed by atoms with Crippen LogP contribution in [0.15, 0.2) is 22.7 Å². The Morgan fingerprint density at radius 1 is 1.39 bits per heavy atom. The first-order chi connectivity index (χ1) is 8.65. The molecule has 18 heavy (non-hydrogen) atoms. The standard InChI is InChI=1S/C14H22BrN3/c1-11-4-7-18(8-5-11)9-6-17-14-3-2-12(15)10-13(14)16/h2-3,10-11,17H,4-9,16H2,1H3. The highest BCUT2D eigenvalue weighted by atomic mass is 79.9. The molecule has 1 aromatic carbocycles. The van der Waals surface area contributed by atoms with Gasteiger partial charge in [-0.2, -0.15) is 0 Å². The highest BCUT2D eigenvalue weighted by Gasteiger charge is 2.14. The number of rotatable bonds is 4. The third kappa shape index (κ3) is 3.89. The van der Waals surface area contributed by atoms with Crippen LogP contribution < -0.4 is 11.1 Å². The van der Waals surface area contributed by atoms with E-state index in [9.17, 15) is 0 Å². The van der Waals surface area contributed by atoms with Gasteiger partial charge >= 0.3 is 0 Å². The van der Waals surface area contributed by atoms with E-state index >= 15 is 0 Å². The lowest BCUT2D eigenvalue weighted by atomic mass is 9.99. The summed E-state index contributed by atoms with van der Waals surface area (Å²) in [6.07, 6.45) is 2.67. The van der Waals surface area contributed by atoms with Gasteiger partial charge in [-0.15, -0.1) is 0 Å². The van der Waals surface area contributed by atoms with Crippen LogP contribution >= 0.6 is 15.9 Å². The SMILES string of the molecule is CC1CCN(CCNc2ccc(Br)cc2N)CC1. The Hall–Kier alpha value is -0.740. The maximum atomic E-state index is 5.95. The van der Waals surface area contributed by atoms with Crippen LogP contribution in [0, 0.1) is 5.92 Å². The summed E-state index contributed by atoms with van der Waals surface area (Å²) in [5, 5.41) is 3.41. The molecule has 0 bridgehead atoms. The quantitative estimate of drug-likeness (QED) is 0.839. The maximum Gasteiger partial charge on any atom is 0.0575 e. The predicted molar refractivity (Wildman–Crippen MR) is 81.9 cm³/mol. The van der Waals surface area contributed by atoms with Crippen molar-refractivity contribution < 1.29 is 0 Å². The number of nitrogen functional groups attached to an aromatic ring is 1. The molecule has 1 fully saturated rings. The van der Waals surface area contributed by atoms with Gasteiger partial charge in [0.1, 0.15) is 0 Å². The van der Waals surface area contributed by atoms with Gasteiger partial charge in [-0.3, -0.25) is 0 Å². The van der Waals surface area contributed by atoms with Crippen LogP contribution in [0.2, 0.25) is 0 Å². The van der Waals surface area contributed by atoms with Crippen molar-refractivity contribution in [1.29, 1.82) is 0 Å². The molecule has 100 valence electrons. The van der Waals surface area contributed by atoms with E-state index in [0.717, 1.165) is 34.9 Å². The summed E-state index contributed by atoms with van der Waals surface area (Å²) in [6, 6.07) is 5.98. The lowest BCUT2D eigenvalue weighted by Crippen LogP contribution is -2.36. The molecule has 1 heterocycles. The van der Waals surface area contributed by atoms with E-state index < -0.39 is 0 Å². The van der Waals surface area contributed by atoms with Crippen molar-refractivity contribution in [3.63, 3.8) is 0 Å². The molecule has 1 aliphatic heterocycles. The Labute approximate surface area is 118 Å². The lowest BCUT2D eigenvalue weighted by molar-refractivity contribution is 0.199. The summed E-state index contributed by atoms with van der Waals surface area (Å²) in [7, 11) is 0. The summed E-state index contributed by atoms with van der Waals surface area (Å²) in [4.78, 5) is 2.53. The lowest BCUT2D eigenvalue weighted by Gasteiger charge is -2.30. The molecule has 2 rings (SSSR count). The third-order valence-electron chi connectivity index (χ3n) is 3.63. The van der Waals surface area contributed by atoms with Crippen molar-refractivity contribution >= 4 is 27.3 Å². The van der Waals surface area contributed by atoms with Crippen LogP contribution in [-0.2, 0) is 0 Å². The van der Waals surface area contributed by atoms with Gasteiger partial charge < -0.3 is 16.0 Å². The summed E-state index contributed by atoms with van der Waals surface area (Å²) in [6.45, 7) is 6.87. The fraction of sp³-hybridized carbons (Fsp3) is 0.571. The van der Waals surface area contributed by atoms with Gasteiger partial charge in [-0.1, -0.05) is 22.9 Å². The minimum Gasteiger partial charge on any atom is -0.397 e. The largest absolute Gasteiger partial charge is 0.397 e. The molecule has 1 aliphatic rings. The molecular formula is C14H22BrN3. The molecule has 0 aliphatic carbocycles. The molecule has 0 amide bonds. The molecule has 0 saturated carbocycles. The first kappa shape index (κ1) is 13.7. The Bertz CT molecular complexity index is 387. The van der Waals surface area contributed by atoms with Gasteiger partial charge in [0, 0.05) is 17.6 Å². The second-order valence-corrected chi connectivity index (χ2v) is 6.10. The minimum atomic E-state index is 0.802. The monoisotopic (exact) mass is 311 g/mol. The van der Waals surface area contributed by atoms with Crippen LogP contribution in [-0.4, -0.2) is 31.1 Å². The molecule has 0 unspecified atom stereocenters. The Balaban J connectivity index is 1.75. The van der Waals surface area contributed by atoms with E-state index in [-0.39, 0.29) is 0 Å². The van der Waals surface area contributed by atoms with Crippen LogP contribution in [0.3, 0.4) is 0 Å². The number of benzene rings is 1. The van der Waals surface area contributed by atoms with Crippen LogP contribution in [0.4, 0.5) is 11.4 Å². The van der Waals surface area contributed by atoms with Crippen molar-refractivity contribution in [3.05, 3.63) is 22.7 Å². The van der Waals surface area contributed by atoms with E-state index in [1.165, 1.54) is 25.9 Å². The van der Waals surface area contributed by atoms with Crippen LogP contribution in [0.5, 0.6) is 0 Å². The summed E-state index contributed by atoms with van der Waals surface area (Å²) in [5.41, 5.74) is 7.79. The number of nitrogens with zero attached hydrogens (tertiary/aromatic N) is 1. The number of halogens is 1. The van der Waals surface area contributed by atoms with Gasteiger partial charge in [-0.05, 0) is 50.0 Å². The van der Waals surface area contributed by atoms with E-state index in [2.05, 4.69) is 33.1 Å². The topological polar surface area (TPSA) is 41.3 Å². The highest BCUT2D eigenvalue weighted by molar-refractivity contribution is 9.10. The second kappa shape index (κ2) is 6.43. The van der Waals surface area contributed by atoms with Crippen LogP contribution in [0.1, 0.15) is 19.8 Å². The van der Waals surface area contributed by atoms with Gasteiger partial charge in [-0.25, -0.2) is 0 Å². The number of hydrogen-bond donors (Lipinski definition) is 2. The molecule has 0 atom stereocenters. The van der Waals surface area contributed by atoms with Crippen molar-refractivity contribution in [2.45, 2.75) is 19.8 Å². The summed E-state index contributed by atoms with van der Waals surface area (Å²) < 4.78 is 1.02. The third-order valence-corrected chi connectivity index (χ3v) is 4.13. The molecule has 1 saturated heterocycles. The normalized spacial score (nSPS) is 17.9. The van der Waals surface area contributed by atoms with Crippen LogP contribution in [0.25, 0.3) is 0 Å². The summed E-state index contributed by atoms with van der Waals surface area (Å²) >= 11 is 3.42. The first-order valence-electron chi connectivity index (χ1n) is 6.66. The number of piperidine rings is 1. The summed E-state index contributed by atoms with van der Waals surface area (Å²) in [5.74, 6) is 0.899. The number of hydrogen-bond acceptors (Lipinski definition) is 3. The van der Waals surface area contributed by atoms with E-state index in [1.807, 2.05) is 18.2 Å². The van der Waals surface area contributed by atoms with Gasteiger partial charge in [0.2, 0.25) is 0 Å². The molecule has 3 N–H and O–H groups in total. The zero-order valence-electron chi connectivity index (χ0n) is 11.0. The predicted octanol–water partition coefficient (Wildman–Crippen LogP) is 3.18. The average Bonchev–Trinajstić information content (AvgIpc) is 2.34. The molecule has 0 spiro atoms. The molecule has 4 heteroatoms. The Morgan fingerprint density at radius 2 is 2.11 bits per heavy atom. The van der Waals surface area contributed by atoms with Gasteiger partial charge in [0.25, 0.3) is 0 Å². The van der Waals surface area contributed by atoms with Crippen molar-refractivity contribution in [2.75, 3.05) is 37.2 Å². The zero-order valence-corrected chi connectivity index (χ0v) is 12.5. The van der Waals surface area contributed by atoms with Gasteiger partial charge in [0.15, 0.2) is 0 Å².